The fraction of sp³-hybridized carbons (Fsp3) is 1.00. The van der Waals surface area contributed by atoms with E-state index >= 15 is 0 Å². The minimum Gasteiger partial charge on any atom is -0.395 e. The van der Waals surface area contributed by atoms with Crippen LogP contribution in [0.15, 0.2) is 0 Å². The van der Waals surface area contributed by atoms with Crippen molar-refractivity contribution in [3.05, 3.63) is 0 Å². The molecular weight excluding hydrogens is 207 g/mol. The van der Waals surface area contributed by atoms with Crippen molar-refractivity contribution in [3.8, 4) is 0 Å². The number of hydrogen-bond donors (Lipinski definition) is 4. The lowest BCUT2D eigenvalue weighted by Crippen LogP contribution is -2.16. The molecule has 0 aromatic heterocycles. The maximum atomic E-state index is 8.15. The average molecular weight is 221 g/mol. The van der Waals surface area contributed by atoms with Crippen molar-refractivity contribution in [2.45, 2.75) is 24.0 Å². The second kappa shape index (κ2) is 8.04. The summed E-state index contributed by atoms with van der Waals surface area (Å²) in [5, 5.41) is 29.9. The molecule has 0 radical (unpaired) electrons. The molecule has 0 saturated carbocycles. The van der Waals surface area contributed by atoms with Gasteiger partial charge in [0.2, 0.25) is 5.25 Å². The smallest absolute Gasteiger partial charge is 0.243 e. The van der Waals surface area contributed by atoms with E-state index in [4.69, 9.17) is 43.6 Å². The van der Waals surface area contributed by atoms with Crippen LogP contribution >= 0.6 is 23.2 Å². The molecular formula is C6H14Cl2O4. The van der Waals surface area contributed by atoms with Gasteiger partial charge in [0.05, 0.1) is 18.6 Å². The highest BCUT2D eigenvalue weighted by Crippen LogP contribution is 2.08. The standard InChI is InChI=1S/2C3H7ClO2/c4-3(1-5)2-6;1-2-3(4,5)6/h3,5-6H,1-2H2;5-6H,2H2,1H3. The highest BCUT2D eigenvalue weighted by atomic mass is 35.5. The molecule has 0 aliphatic heterocycles. The van der Waals surface area contributed by atoms with E-state index in [0.29, 0.717) is 0 Å². The lowest BCUT2D eigenvalue weighted by Gasteiger charge is -2.06. The van der Waals surface area contributed by atoms with Crippen molar-refractivity contribution in [1.82, 2.24) is 0 Å². The Labute approximate surface area is 81.4 Å². The molecule has 0 heterocycles. The molecule has 0 atom stereocenters. The number of alkyl halides is 2. The van der Waals surface area contributed by atoms with Crippen LogP contribution in [0.2, 0.25) is 0 Å². The third-order valence-corrected chi connectivity index (χ3v) is 1.39. The number of halogens is 2. The molecule has 12 heavy (non-hydrogen) atoms. The van der Waals surface area contributed by atoms with Gasteiger partial charge in [0.15, 0.2) is 0 Å². The van der Waals surface area contributed by atoms with Crippen LogP contribution in [0.4, 0.5) is 0 Å². The van der Waals surface area contributed by atoms with Crippen LogP contribution in [0, 0.1) is 0 Å². The zero-order valence-electron chi connectivity index (χ0n) is 6.74. The van der Waals surface area contributed by atoms with Gasteiger partial charge in [-0.25, -0.2) is 0 Å². The molecule has 0 saturated heterocycles. The molecule has 0 amide bonds. The van der Waals surface area contributed by atoms with Crippen LogP contribution in [-0.4, -0.2) is 44.3 Å². The monoisotopic (exact) mass is 220 g/mol. The van der Waals surface area contributed by atoms with Gasteiger partial charge in [-0.05, 0) is 0 Å². The van der Waals surface area contributed by atoms with Crippen LogP contribution in [0.3, 0.4) is 0 Å². The summed E-state index contributed by atoms with van der Waals surface area (Å²) in [5.74, 6) is 0. The highest BCUT2D eigenvalue weighted by molar-refractivity contribution is 6.21. The van der Waals surface area contributed by atoms with Crippen molar-refractivity contribution in [1.29, 1.82) is 0 Å². The van der Waals surface area contributed by atoms with Crippen LogP contribution in [0.1, 0.15) is 13.3 Å². The van der Waals surface area contributed by atoms with Gasteiger partial charge < -0.3 is 20.4 Å². The Morgan fingerprint density at radius 3 is 1.50 bits per heavy atom. The van der Waals surface area contributed by atoms with E-state index in [0.717, 1.165) is 0 Å². The summed E-state index contributed by atoms with van der Waals surface area (Å²) >= 11 is 9.98. The van der Waals surface area contributed by atoms with Gasteiger partial charge >= 0.3 is 0 Å². The van der Waals surface area contributed by atoms with Crippen molar-refractivity contribution < 1.29 is 20.4 Å². The first-order valence-electron chi connectivity index (χ1n) is 3.36. The minimum absolute atomic E-state index is 0.147. The predicted molar refractivity (Wildman–Crippen MR) is 47.1 cm³/mol. The van der Waals surface area contributed by atoms with Gasteiger partial charge in [0.25, 0.3) is 0 Å². The summed E-state index contributed by atoms with van der Waals surface area (Å²) < 4.78 is 0. The zero-order valence-corrected chi connectivity index (χ0v) is 8.26. The number of hydrogen-bond acceptors (Lipinski definition) is 4. The molecule has 0 spiro atoms. The van der Waals surface area contributed by atoms with Crippen LogP contribution < -0.4 is 0 Å². The van der Waals surface area contributed by atoms with E-state index in [1.807, 2.05) is 0 Å². The van der Waals surface area contributed by atoms with E-state index in [2.05, 4.69) is 0 Å². The van der Waals surface area contributed by atoms with E-state index in [1.165, 1.54) is 0 Å². The molecule has 0 aromatic rings. The fourth-order valence-electron chi connectivity index (χ4n) is 0.0577. The Bertz CT molecular complexity index is 90.0. The topological polar surface area (TPSA) is 80.9 Å². The van der Waals surface area contributed by atoms with Gasteiger partial charge in [-0.2, -0.15) is 0 Å². The largest absolute Gasteiger partial charge is 0.395 e. The van der Waals surface area contributed by atoms with Gasteiger partial charge in [0.1, 0.15) is 0 Å². The molecule has 6 heteroatoms. The third kappa shape index (κ3) is 16.8. The average Bonchev–Trinajstić information content (AvgIpc) is 2.03. The van der Waals surface area contributed by atoms with Gasteiger partial charge in [-0.15, -0.1) is 11.6 Å². The summed E-state index contributed by atoms with van der Waals surface area (Å²) in [5.41, 5.74) is 0. The quantitative estimate of drug-likeness (QED) is 0.394. The normalized spacial score (nSPS) is 11.0. The summed E-state index contributed by atoms with van der Waals surface area (Å²) in [6.45, 7) is 1.27. The maximum Gasteiger partial charge on any atom is 0.243 e. The van der Waals surface area contributed by atoms with E-state index in [1.54, 1.807) is 6.92 Å². The van der Waals surface area contributed by atoms with Crippen LogP contribution in [0.25, 0.3) is 0 Å². The fourth-order valence-corrected chi connectivity index (χ4v) is 0.0577. The van der Waals surface area contributed by atoms with Crippen molar-refractivity contribution in [2.75, 3.05) is 13.2 Å². The van der Waals surface area contributed by atoms with Crippen molar-refractivity contribution >= 4 is 23.2 Å². The highest BCUT2D eigenvalue weighted by Gasteiger charge is 2.12. The molecule has 76 valence electrons. The molecule has 0 fully saturated rings. The Morgan fingerprint density at radius 1 is 1.25 bits per heavy atom. The van der Waals surface area contributed by atoms with E-state index < -0.39 is 10.6 Å². The third-order valence-electron chi connectivity index (χ3n) is 0.846. The zero-order chi connectivity index (χ0) is 10.2. The predicted octanol–water partition coefficient (Wildman–Crippen LogP) is -0.148. The first-order valence-corrected chi connectivity index (χ1v) is 4.18. The SMILES string of the molecule is CCC(O)(O)Cl.OCC(Cl)CO. The number of rotatable bonds is 3. The molecule has 0 unspecified atom stereocenters. The molecule has 0 aliphatic carbocycles. The number of aliphatic hydroxyl groups excluding tert-OH is 2. The molecule has 0 aliphatic rings. The second-order valence-corrected chi connectivity index (χ2v) is 3.26. The molecule has 0 rings (SSSR count). The summed E-state index contributed by atoms with van der Waals surface area (Å²) in [6, 6.07) is 0. The molecule has 4 N–H and O–H groups in total. The Morgan fingerprint density at radius 2 is 1.50 bits per heavy atom. The Kier molecular flexibility index (Phi) is 9.99. The van der Waals surface area contributed by atoms with Gasteiger partial charge in [-0.3, -0.25) is 0 Å². The first kappa shape index (κ1) is 14.9. The van der Waals surface area contributed by atoms with Crippen molar-refractivity contribution in [3.63, 3.8) is 0 Å². The van der Waals surface area contributed by atoms with E-state index in [9.17, 15) is 0 Å². The van der Waals surface area contributed by atoms with Crippen molar-refractivity contribution in [2.24, 2.45) is 0 Å². The lowest BCUT2D eigenvalue weighted by atomic mass is 10.5. The lowest BCUT2D eigenvalue weighted by molar-refractivity contribution is -0.0857. The van der Waals surface area contributed by atoms with Gasteiger partial charge in [-0.1, -0.05) is 18.5 Å². The Balaban J connectivity index is 0. The second-order valence-electron chi connectivity index (χ2n) is 2.03. The van der Waals surface area contributed by atoms with Crippen LogP contribution in [0.5, 0.6) is 0 Å². The summed E-state index contributed by atoms with van der Waals surface area (Å²) in [6.07, 6.45) is 0.147. The van der Waals surface area contributed by atoms with E-state index in [-0.39, 0.29) is 19.6 Å². The van der Waals surface area contributed by atoms with Crippen LogP contribution in [-0.2, 0) is 0 Å². The molecule has 0 aromatic carbocycles. The first-order chi connectivity index (χ1) is 5.37. The maximum absolute atomic E-state index is 8.15. The summed E-state index contributed by atoms with van der Waals surface area (Å²) in [4.78, 5) is 0. The van der Waals surface area contributed by atoms with Gasteiger partial charge in [0, 0.05) is 6.42 Å². The number of aliphatic hydroxyl groups is 4. The minimum atomic E-state index is -1.99. The summed E-state index contributed by atoms with van der Waals surface area (Å²) in [7, 11) is 0. The molecule has 0 bridgehead atoms. The molecule has 4 nitrogen and oxygen atoms in total. The Hall–Kier alpha value is 0.420.